The van der Waals surface area contributed by atoms with Crippen LogP contribution in [0.4, 0.5) is 0 Å². The van der Waals surface area contributed by atoms with Crippen LogP contribution in [0.1, 0.15) is 31.2 Å². The van der Waals surface area contributed by atoms with Crippen LogP contribution >= 0.6 is 0 Å². The fourth-order valence-electron chi connectivity index (χ4n) is 3.44. The lowest BCUT2D eigenvalue weighted by Gasteiger charge is -2.31. The number of likely N-dealkylation sites (tertiary alicyclic amines) is 1. The summed E-state index contributed by atoms with van der Waals surface area (Å²) >= 11 is 0. The molecule has 2 amide bonds. The normalized spacial score (nSPS) is 21.7. The Kier molecular flexibility index (Phi) is 5.86. The first kappa shape index (κ1) is 17.0. The predicted octanol–water partition coefficient (Wildman–Crippen LogP) is 1.76. The molecule has 2 aliphatic heterocycles. The maximum Gasteiger partial charge on any atom is 0.226 e. The minimum atomic E-state index is 0.0205. The van der Waals surface area contributed by atoms with E-state index >= 15 is 0 Å². The van der Waals surface area contributed by atoms with Crippen molar-refractivity contribution in [2.75, 3.05) is 26.2 Å². The zero-order chi connectivity index (χ0) is 16.8. The number of piperidine rings is 1. The Morgan fingerprint density at radius 1 is 1.12 bits per heavy atom. The number of nitrogens with zero attached hydrogens (tertiary/aromatic N) is 1. The molecule has 1 atom stereocenters. The molecule has 2 heterocycles. The van der Waals surface area contributed by atoms with Crippen LogP contribution in [0.15, 0.2) is 30.3 Å². The maximum absolute atomic E-state index is 12.4. The molecule has 1 N–H and O–H groups in total. The first-order valence-electron chi connectivity index (χ1n) is 8.93. The quantitative estimate of drug-likeness (QED) is 0.895. The number of benzene rings is 1. The number of ether oxygens (including phenoxy) is 1. The number of hydrogen-bond donors (Lipinski definition) is 1. The van der Waals surface area contributed by atoms with Crippen LogP contribution in [0.25, 0.3) is 0 Å². The summed E-state index contributed by atoms with van der Waals surface area (Å²) in [6, 6.07) is 9.81. The van der Waals surface area contributed by atoms with Crippen LogP contribution in [-0.4, -0.2) is 49.1 Å². The highest BCUT2D eigenvalue weighted by atomic mass is 16.5. The van der Waals surface area contributed by atoms with E-state index in [1.807, 2.05) is 35.2 Å². The summed E-state index contributed by atoms with van der Waals surface area (Å²) in [5.74, 6) is 0.284. The highest BCUT2D eigenvalue weighted by Crippen LogP contribution is 2.19. The number of carbonyl (C=O) groups excluding carboxylic acids is 2. The van der Waals surface area contributed by atoms with Crippen LogP contribution in [0.5, 0.6) is 0 Å². The largest absolute Gasteiger partial charge is 0.376 e. The van der Waals surface area contributed by atoms with Gasteiger partial charge in [-0.15, -0.1) is 0 Å². The average molecular weight is 330 g/mol. The van der Waals surface area contributed by atoms with E-state index in [0.717, 1.165) is 37.9 Å². The van der Waals surface area contributed by atoms with E-state index in [1.54, 1.807) is 0 Å². The molecule has 0 saturated carbocycles. The van der Waals surface area contributed by atoms with Gasteiger partial charge in [-0.25, -0.2) is 0 Å². The lowest BCUT2D eigenvalue weighted by Crippen LogP contribution is -2.44. The Morgan fingerprint density at radius 2 is 1.88 bits per heavy atom. The second kappa shape index (κ2) is 8.29. The van der Waals surface area contributed by atoms with E-state index < -0.39 is 0 Å². The number of amides is 2. The van der Waals surface area contributed by atoms with E-state index in [4.69, 9.17) is 4.74 Å². The van der Waals surface area contributed by atoms with Crippen molar-refractivity contribution in [1.82, 2.24) is 10.2 Å². The monoisotopic (exact) mass is 330 g/mol. The van der Waals surface area contributed by atoms with Gasteiger partial charge < -0.3 is 15.0 Å². The third-order valence-corrected chi connectivity index (χ3v) is 4.94. The van der Waals surface area contributed by atoms with Crippen molar-refractivity contribution in [3.8, 4) is 0 Å². The highest BCUT2D eigenvalue weighted by molar-refractivity contribution is 5.81. The van der Waals surface area contributed by atoms with E-state index in [2.05, 4.69) is 5.32 Å². The predicted molar refractivity (Wildman–Crippen MR) is 91.4 cm³/mol. The topological polar surface area (TPSA) is 58.6 Å². The summed E-state index contributed by atoms with van der Waals surface area (Å²) < 4.78 is 5.53. The van der Waals surface area contributed by atoms with Gasteiger partial charge in [0.1, 0.15) is 0 Å². The Labute approximate surface area is 143 Å². The molecule has 130 valence electrons. The van der Waals surface area contributed by atoms with Gasteiger partial charge in [0.2, 0.25) is 11.8 Å². The summed E-state index contributed by atoms with van der Waals surface area (Å²) in [5, 5.41) is 3.01. The van der Waals surface area contributed by atoms with Gasteiger partial charge in [-0.3, -0.25) is 9.59 Å². The van der Waals surface area contributed by atoms with Gasteiger partial charge >= 0.3 is 0 Å². The Morgan fingerprint density at radius 3 is 2.54 bits per heavy atom. The molecule has 0 radical (unpaired) electrons. The van der Waals surface area contributed by atoms with Gasteiger partial charge in [-0.2, -0.15) is 0 Å². The molecule has 3 rings (SSSR count). The molecular weight excluding hydrogens is 304 g/mol. The highest BCUT2D eigenvalue weighted by Gasteiger charge is 2.27. The Hall–Kier alpha value is -1.88. The van der Waals surface area contributed by atoms with Gasteiger partial charge in [0.25, 0.3) is 0 Å². The molecule has 5 heteroatoms. The van der Waals surface area contributed by atoms with Crippen molar-refractivity contribution in [3.63, 3.8) is 0 Å². The first-order chi connectivity index (χ1) is 11.7. The maximum atomic E-state index is 12.4. The van der Waals surface area contributed by atoms with Gasteiger partial charge in [-0.05, 0) is 31.2 Å². The van der Waals surface area contributed by atoms with Gasteiger partial charge in [0.15, 0.2) is 0 Å². The fraction of sp³-hybridized carbons (Fsp3) is 0.579. The standard InChI is InChI=1S/C19H26N2O3/c22-18(13-15-5-2-1-3-6-15)21-10-8-16(9-11-21)19(23)20-14-17-7-4-12-24-17/h1-3,5-6,16-17H,4,7-14H2,(H,20,23). The molecule has 2 saturated heterocycles. The molecule has 5 nitrogen and oxygen atoms in total. The first-order valence-corrected chi connectivity index (χ1v) is 8.93. The average Bonchev–Trinajstić information content (AvgIpc) is 3.14. The third kappa shape index (κ3) is 4.57. The molecule has 1 unspecified atom stereocenters. The molecule has 1 aromatic rings. The van der Waals surface area contributed by atoms with E-state index in [0.29, 0.717) is 26.1 Å². The van der Waals surface area contributed by atoms with Gasteiger partial charge in [-0.1, -0.05) is 30.3 Å². The molecule has 0 bridgehead atoms. The number of hydrogen-bond acceptors (Lipinski definition) is 3. The zero-order valence-electron chi connectivity index (χ0n) is 14.1. The van der Waals surface area contributed by atoms with E-state index in [-0.39, 0.29) is 23.8 Å². The molecule has 2 aliphatic rings. The molecule has 1 aromatic carbocycles. The molecule has 24 heavy (non-hydrogen) atoms. The smallest absolute Gasteiger partial charge is 0.226 e. The number of carbonyl (C=O) groups is 2. The van der Waals surface area contributed by atoms with E-state index in [9.17, 15) is 9.59 Å². The SMILES string of the molecule is O=C(NCC1CCCO1)C1CCN(C(=O)Cc2ccccc2)CC1. The van der Waals surface area contributed by atoms with Crippen LogP contribution in [-0.2, 0) is 20.7 Å². The number of nitrogens with one attached hydrogen (secondary N) is 1. The molecule has 0 aliphatic carbocycles. The van der Waals surface area contributed by atoms with Crippen molar-refractivity contribution < 1.29 is 14.3 Å². The van der Waals surface area contributed by atoms with Crippen LogP contribution in [0.2, 0.25) is 0 Å². The zero-order valence-corrected chi connectivity index (χ0v) is 14.1. The summed E-state index contributed by atoms with van der Waals surface area (Å²) in [5.41, 5.74) is 1.04. The summed E-state index contributed by atoms with van der Waals surface area (Å²) in [6.45, 7) is 2.77. The summed E-state index contributed by atoms with van der Waals surface area (Å²) in [4.78, 5) is 26.5. The number of rotatable bonds is 5. The van der Waals surface area contributed by atoms with E-state index in [1.165, 1.54) is 0 Å². The minimum absolute atomic E-state index is 0.0205. The van der Waals surface area contributed by atoms with Crippen LogP contribution in [0, 0.1) is 5.92 Å². The van der Waals surface area contributed by atoms with Crippen molar-refractivity contribution in [2.24, 2.45) is 5.92 Å². The van der Waals surface area contributed by atoms with Crippen molar-refractivity contribution in [1.29, 1.82) is 0 Å². The molecule has 0 spiro atoms. The molecule has 2 fully saturated rings. The fourth-order valence-corrected chi connectivity index (χ4v) is 3.44. The van der Waals surface area contributed by atoms with Gasteiger partial charge in [0.05, 0.1) is 12.5 Å². The second-order valence-electron chi connectivity index (χ2n) is 6.70. The lowest BCUT2D eigenvalue weighted by molar-refractivity contribution is -0.135. The van der Waals surface area contributed by atoms with Crippen molar-refractivity contribution in [2.45, 2.75) is 38.2 Å². The molecular formula is C19H26N2O3. The lowest BCUT2D eigenvalue weighted by atomic mass is 9.95. The van der Waals surface area contributed by atoms with Gasteiger partial charge in [0, 0.05) is 32.2 Å². The Balaban J connectivity index is 1.40. The van der Waals surface area contributed by atoms with Crippen LogP contribution in [0.3, 0.4) is 0 Å². The minimum Gasteiger partial charge on any atom is -0.376 e. The third-order valence-electron chi connectivity index (χ3n) is 4.94. The van der Waals surface area contributed by atoms with Crippen molar-refractivity contribution in [3.05, 3.63) is 35.9 Å². The summed E-state index contributed by atoms with van der Waals surface area (Å²) in [7, 11) is 0. The Bertz CT molecular complexity index is 547. The van der Waals surface area contributed by atoms with Crippen LogP contribution < -0.4 is 5.32 Å². The summed E-state index contributed by atoms with van der Waals surface area (Å²) in [6.07, 6.45) is 4.24. The molecule has 0 aromatic heterocycles. The van der Waals surface area contributed by atoms with Crippen molar-refractivity contribution >= 4 is 11.8 Å². The second-order valence-corrected chi connectivity index (χ2v) is 6.70.